The second-order valence-electron chi connectivity index (χ2n) is 2.77. The van der Waals surface area contributed by atoms with Gasteiger partial charge in [0, 0.05) is 0 Å². The molecule has 1 aromatic heterocycles. The van der Waals surface area contributed by atoms with E-state index >= 15 is 0 Å². The number of H-pyrrole nitrogens is 1. The smallest absolute Gasteiger partial charge is 0.308 e. The highest BCUT2D eigenvalue weighted by Gasteiger charge is 2.05. The highest BCUT2D eigenvalue weighted by atomic mass is 16.7. The fraction of sp³-hybridized carbons (Fsp3) is 0.111. The van der Waals surface area contributed by atoms with E-state index in [1.54, 1.807) is 24.3 Å². The van der Waals surface area contributed by atoms with Gasteiger partial charge in [0.15, 0.2) is 0 Å². The monoisotopic (exact) mass is 192 g/mol. The molecule has 5 nitrogen and oxygen atoms in total. The summed E-state index contributed by atoms with van der Waals surface area (Å²) in [6.07, 6.45) is 0. The molecule has 72 valence electrons. The van der Waals surface area contributed by atoms with Gasteiger partial charge in [-0.1, -0.05) is 17.0 Å². The third-order valence-electron chi connectivity index (χ3n) is 1.97. The average Bonchev–Trinajstić information content (AvgIpc) is 2.23. The minimum absolute atomic E-state index is 0.345. The minimum Gasteiger partial charge on any atom is -0.398 e. The number of nitrogens with one attached hydrogen (secondary N) is 1. The third-order valence-corrected chi connectivity index (χ3v) is 1.97. The van der Waals surface area contributed by atoms with E-state index in [9.17, 15) is 9.59 Å². The number of hydrogen-bond acceptors (Lipinski definition) is 3. The third kappa shape index (κ3) is 1.10. The van der Waals surface area contributed by atoms with Crippen molar-refractivity contribution in [2.75, 3.05) is 7.11 Å². The maximum atomic E-state index is 11.6. The summed E-state index contributed by atoms with van der Waals surface area (Å²) in [7, 11) is 1.31. The van der Waals surface area contributed by atoms with Gasteiger partial charge in [-0.25, -0.2) is 5.10 Å². The number of aromatic nitrogens is 2. The quantitative estimate of drug-likeness (QED) is 0.677. The van der Waals surface area contributed by atoms with Crippen molar-refractivity contribution in [3.05, 3.63) is 45.0 Å². The van der Waals surface area contributed by atoms with Crippen LogP contribution < -0.4 is 16.0 Å². The van der Waals surface area contributed by atoms with Crippen molar-refractivity contribution < 1.29 is 4.84 Å². The highest BCUT2D eigenvalue weighted by molar-refractivity contribution is 5.80. The molecule has 0 atom stereocenters. The first kappa shape index (κ1) is 8.55. The number of benzene rings is 1. The fourth-order valence-corrected chi connectivity index (χ4v) is 1.31. The van der Waals surface area contributed by atoms with Gasteiger partial charge in [-0.05, 0) is 12.1 Å². The van der Waals surface area contributed by atoms with Gasteiger partial charge in [-0.15, -0.1) is 0 Å². The molecule has 14 heavy (non-hydrogen) atoms. The predicted octanol–water partition coefficient (Wildman–Crippen LogP) is -0.252. The molecule has 1 heterocycles. The summed E-state index contributed by atoms with van der Waals surface area (Å²) in [5.74, 6) is 0. The first-order valence-electron chi connectivity index (χ1n) is 4.02. The second-order valence-corrected chi connectivity index (χ2v) is 2.77. The number of hydrogen-bond donors (Lipinski definition) is 1. The molecule has 0 aliphatic heterocycles. The summed E-state index contributed by atoms with van der Waals surface area (Å²) in [6.45, 7) is 0. The molecule has 0 bridgehead atoms. The first-order valence-corrected chi connectivity index (χ1v) is 4.02. The first-order chi connectivity index (χ1) is 6.74. The number of nitrogens with zero attached hydrogens (tertiary/aromatic N) is 1. The van der Waals surface area contributed by atoms with Gasteiger partial charge in [0.25, 0.3) is 5.56 Å². The van der Waals surface area contributed by atoms with E-state index < -0.39 is 0 Å². The normalized spacial score (nSPS) is 10.4. The second kappa shape index (κ2) is 3.02. The Kier molecular flexibility index (Phi) is 1.85. The van der Waals surface area contributed by atoms with E-state index in [4.69, 9.17) is 0 Å². The minimum atomic E-state index is -0.372. The van der Waals surface area contributed by atoms with Gasteiger partial charge < -0.3 is 4.84 Å². The van der Waals surface area contributed by atoms with Crippen molar-refractivity contribution in [1.29, 1.82) is 0 Å². The molecule has 0 amide bonds. The maximum Gasteiger partial charge on any atom is 0.308 e. The predicted molar refractivity (Wildman–Crippen MR) is 51.3 cm³/mol. The summed E-state index contributed by atoms with van der Waals surface area (Å²) in [5.41, 5.74) is -0.718. The van der Waals surface area contributed by atoms with Gasteiger partial charge in [0.1, 0.15) is 7.11 Å². The molecule has 2 aromatic rings. The van der Waals surface area contributed by atoms with Gasteiger partial charge in [-0.3, -0.25) is 9.59 Å². The Morgan fingerprint density at radius 1 is 1.21 bits per heavy atom. The van der Waals surface area contributed by atoms with E-state index in [-0.39, 0.29) is 11.1 Å². The molecule has 0 unspecified atom stereocenters. The van der Waals surface area contributed by atoms with Crippen molar-refractivity contribution in [2.45, 2.75) is 0 Å². The summed E-state index contributed by atoms with van der Waals surface area (Å²) >= 11 is 0. The largest absolute Gasteiger partial charge is 0.398 e. The molecular formula is C9H8N2O3. The Morgan fingerprint density at radius 3 is 2.50 bits per heavy atom. The lowest BCUT2D eigenvalue weighted by atomic mass is 10.2. The molecule has 2 rings (SSSR count). The van der Waals surface area contributed by atoms with Crippen LogP contribution in [0.15, 0.2) is 33.9 Å². The number of fused-ring (bicyclic) bond motifs is 1. The summed E-state index contributed by atoms with van der Waals surface area (Å²) in [6, 6.07) is 6.58. The van der Waals surface area contributed by atoms with Crippen LogP contribution in [0, 0.1) is 0 Å². The Bertz CT molecular complexity index is 582. The van der Waals surface area contributed by atoms with Crippen molar-refractivity contribution in [3.63, 3.8) is 0 Å². The van der Waals surface area contributed by atoms with Crippen LogP contribution in [0.2, 0.25) is 0 Å². The molecule has 0 saturated carbocycles. The molecule has 0 aliphatic rings. The Labute approximate surface area is 78.5 Å². The van der Waals surface area contributed by atoms with Crippen molar-refractivity contribution in [3.8, 4) is 0 Å². The van der Waals surface area contributed by atoms with E-state index in [0.717, 1.165) is 4.85 Å². The zero-order chi connectivity index (χ0) is 10.1. The topological polar surface area (TPSA) is 64.1 Å². The molecule has 5 heteroatoms. The number of aromatic amines is 1. The SMILES string of the molecule is COn1[nH]c(=O)c2ccccc2c1=O. The van der Waals surface area contributed by atoms with Gasteiger partial charge in [-0.2, -0.15) is 0 Å². The molecule has 1 N–H and O–H groups in total. The highest BCUT2D eigenvalue weighted by Crippen LogP contribution is 2.01. The zero-order valence-electron chi connectivity index (χ0n) is 7.48. The Morgan fingerprint density at radius 2 is 1.86 bits per heavy atom. The standard InChI is InChI=1S/C9H8N2O3/c1-14-11-9(13)7-5-3-2-4-6(7)8(12)10-11/h2-5H,1H3,(H,10,12). The van der Waals surface area contributed by atoms with Crippen LogP contribution in [0.4, 0.5) is 0 Å². The van der Waals surface area contributed by atoms with Crippen molar-refractivity contribution >= 4 is 10.8 Å². The van der Waals surface area contributed by atoms with Crippen molar-refractivity contribution in [1.82, 2.24) is 9.94 Å². The summed E-state index contributed by atoms with van der Waals surface area (Å²) in [4.78, 5) is 28.5. The fourth-order valence-electron chi connectivity index (χ4n) is 1.31. The Balaban J connectivity index is 3.03. The molecule has 0 aliphatic carbocycles. The van der Waals surface area contributed by atoms with Crippen molar-refractivity contribution in [2.24, 2.45) is 0 Å². The lowest BCUT2D eigenvalue weighted by Crippen LogP contribution is -2.33. The summed E-state index contributed by atoms with van der Waals surface area (Å²) < 4.78 is 0. The van der Waals surface area contributed by atoms with Gasteiger partial charge >= 0.3 is 5.56 Å². The molecule has 0 spiro atoms. The molecule has 0 saturated heterocycles. The average molecular weight is 192 g/mol. The van der Waals surface area contributed by atoms with Gasteiger partial charge in [0.05, 0.1) is 10.8 Å². The van der Waals surface area contributed by atoms with Crippen LogP contribution in [0.1, 0.15) is 0 Å². The van der Waals surface area contributed by atoms with Crippen LogP contribution in [0.3, 0.4) is 0 Å². The molecule has 0 radical (unpaired) electrons. The van der Waals surface area contributed by atoms with Crippen LogP contribution in [-0.2, 0) is 0 Å². The molecule has 1 aromatic carbocycles. The zero-order valence-corrected chi connectivity index (χ0v) is 7.48. The maximum absolute atomic E-state index is 11.6. The lowest BCUT2D eigenvalue weighted by molar-refractivity contribution is 0.121. The van der Waals surface area contributed by atoms with E-state index in [0.29, 0.717) is 10.8 Å². The lowest BCUT2D eigenvalue weighted by Gasteiger charge is -2.03. The van der Waals surface area contributed by atoms with E-state index in [1.807, 2.05) is 0 Å². The van der Waals surface area contributed by atoms with E-state index in [2.05, 4.69) is 9.94 Å². The van der Waals surface area contributed by atoms with Crippen LogP contribution in [0.25, 0.3) is 10.8 Å². The molecule has 0 fully saturated rings. The van der Waals surface area contributed by atoms with Crippen LogP contribution in [0.5, 0.6) is 0 Å². The van der Waals surface area contributed by atoms with E-state index in [1.165, 1.54) is 7.11 Å². The summed E-state index contributed by atoms with van der Waals surface area (Å²) in [5, 5.41) is 3.01. The Hall–Kier alpha value is -2.04. The van der Waals surface area contributed by atoms with Crippen LogP contribution >= 0.6 is 0 Å². The van der Waals surface area contributed by atoms with Crippen LogP contribution in [-0.4, -0.2) is 17.1 Å². The number of rotatable bonds is 1. The van der Waals surface area contributed by atoms with Gasteiger partial charge in [0.2, 0.25) is 0 Å². The molecular weight excluding hydrogens is 184 g/mol.